The summed E-state index contributed by atoms with van der Waals surface area (Å²) in [5.41, 5.74) is 7.54. The number of rotatable bonds is 5. The molecule has 9 heteroatoms. The Morgan fingerprint density at radius 2 is 0.926 bits per heavy atom. The van der Waals surface area contributed by atoms with Gasteiger partial charge >= 0.3 is 0 Å². The van der Waals surface area contributed by atoms with E-state index in [9.17, 15) is 5.26 Å². The van der Waals surface area contributed by atoms with Crippen molar-refractivity contribution < 1.29 is 8.78 Å². The van der Waals surface area contributed by atoms with Gasteiger partial charge in [0.1, 0.15) is 17.7 Å². The van der Waals surface area contributed by atoms with Gasteiger partial charge in [0.2, 0.25) is 0 Å². The van der Waals surface area contributed by atoms with Crippen LogP contribution in [0.2, 0.25) is 0 Å². The Kier molecular flexibility index (Phi) is 7.10. The minimum absolute atomic E-state index is 0.331. The molecule has 54 heavy (non-hydrogen) atoms. The van der Waals surface area contributed by atoms with Crippen LogP contribution in [0.15, 0.2) is 152 Å². The van der Waals surface area contributed by atoms with Crippen LogP contribution in [0.5, 0.6) is 0 Å². The number of halogens is 2. The smallest absolute Gasteiger partial charge is 0.159 e. The van der Waals surface area contributed by atoms with Gasteiger partial charge < -0.3 is 9.13 Å². The lowest BCUT2D eigenvalue weighted by atomic mass is 9.98. The number of para-hydroxylation sites is 2. The summed E-state index contributed by atoms with van der Waals surface area (Å²) in [7, 11) is 0. The van der Waals surface area contributed by atoms with Crippen LogP contribution in [0, 0.1) is 23.0 Å². The molecule has 7 nitrogen and oxygen atoms in total. The number of nitriles is 1. The molecule has 0 unspecified atom stereocenters. The first-order valence-corrected chi connectivity index (χ1v) is 17.2. The summed E-state index contributed by atoms with van der Waals surface area (Å²) in [6.07, 6.45) is 6.83. The molecule has 4 aromatic heterocycles. The normalized spacial score (nSPS) is 11.5. The van der Waals surface area contributed by atoms with Crippen molar-refractivity contribution in [3.05, 3.63) is 169 Å². The maximum atomic E-state index is 15.1. The SMILES string of the molecule is N#Cc1cc(-n2c3ccccc3c3cc(-c4ncccn4)ccc32)c(-c2cc(F)cc(F)c2)cc1-n1c2ccccc2c2cc(-c3ncccn3)ccc21. The molecule has 0 amide bonds. The predicted octanol–water partition coefficient (Wildman–Crippen LogP) is 10.6. The Morgan fingerprint density at radius 3 is 1.44 bits per heavy atom. The molecule has 0 atom stereocenters. The summed E-state index contributed by atoms with van der Waals surface area (Å²) in [6, 6.07) is 41.2. The second kappa shape index (κ2) is 12.3. The lowest BCUT2D eigenvalue weighted by Gasteiger charge is -2.19. The number of nitrogens with zero attached hydrogens (tertiary/aromatic N) is 7. The van der Waals surface area contributed by atoms with Gasteiger partial charge in [-0.3, -0.25) is 0 Å². The molecule has 0 bridgehead atoms. The molecule has 0 aliphatic heterocycles. The number of hydrogen-bond donors (Lipinski definition) is 0. The Hall–Kier alpha value is -7.57. The Balaban J connectivity index is 1.28. The minimum atomic E-state index is -0.705. The molecule has 10 aromatic rings. The highest BCUT2D eigenvalue weighted by Crippen LogP contribution is 2.42. The van der Waals surface area contributed by atoms with Crippen molar-refractivity contribution in [1.29, 1.82) is 5.26 Å². The molecule has 0 fully saturated rings. The fourth-order valence-corrected chi connectivity index (χ4v) is 7.62. The van der Waals surface area contributed by atoms with E-state index in [1.807, 2.05) is 89.5 Å². The van der Waals surface area contributed by atoms with Gasteiger partial charge in [-0.1, -0.05) is 36.4 Å². The van der Waals surface area contributed by atoms with Crippen LogP contribution in [0.25, 0.3) is 88.9 Å². The third-order valence-corrected chi connectivity index (χ3v) is 9.88. The lowest BCUT2D eigenvalue weighted by Crippen LogP contribution is -2.04. The third-order valence-electron chi connectivity index (χ3n) is 9.88. The van der Waals surface area contributed by atoms with E-state index in [2.05, 4.69) is 42.7 Å². The van der Waals surface area contributed by atoms with Crippen molar-refractivity contribution >= 4 is 43.6 Å². The Bertz CT molecular complexity index is 3120. The highest BCUT2D eigenvalue weighted by Gasteiger charge is 2.23. The van der Waals surface area contributed by atoms with Crippen LogP contribution in [0.4, 0.5) is 8.78 Å². The second-order valence-electron chi connectivity index (χ2n) is 13.0. The average Bonchev–Trinajstić information content (AvgIpc) is 3.72. The summed E-state index contributed by atoms with van der Waals surface area (Å²) in [4.78, 5) is 17.8. The molecular formula is C45H25F2N7. The topological polar surface area (TPSA) is 85.2 Å². The highest BCUT2D eigenvalue weighted by molar-refractivity contribution is 6.12. The van der Waals surface area contributed by atoms with Gasteiger partial charge in [0, 0.05) is 69.1 Å². The molecule has 0 aliphatic carbocycles. The van der Waals surface area contributed by atoms with E-state index in [0.717, 1.165) is 60.8 Å². The van der Waals surface area contributed by atoms with Crippen LogP contribution in [0.1, 0.15) is 5.56 Å². The fraction of sp³-hybridized carbons (Fsp3) is 0. The van der Waals surface area contributed by atoms with Crippen molar-refractivity contribution in [2.45, 2.75) is 0 Å². The van der Waals surface area contributed by atoms with Crippen LogP contribution in [-0.2, 0) is 0 Å². The molecule has 0 radical (unpaired) electrons. The monoisotopic (exact) mass is 701 g/mol. The van der Waals surface area contributed by atoms with E-state index < -0.39 is 11.6 Å². The molecule has 0 saturated heterocycles. The summed E-state index contributed by atoms with van der Waals surface area (Å²) in [5, 5.41) is 14.7. The predicted molar refractivity (Wildman–Crippen MR) is 207 cm³/mol. The zero-order chi connectivity index (χ0) is 36.3. The standard InChI is InChI=1S/C45H25F2N7/c46-31-19-29(20-32(47)24-31)35-25-42(53-38-9-3-1-7-33(38)36-21-27(11-13-40(36)53)44-49-15-5-16-50-44)30(26-48)23-43(35)54-39-10-4-2-8-34(39)37-22-28(12-14-41(37)54)45-51-17-6-18-52-45/h1-25H. The van der Waals surface area contributed by atoms with Crippen molar-refractivity contribution in [3.8, 4) is 51.3 Å². The first kappa shape index (κ1) is 31.2. The van der Waals surface area contributed by atoms with E-state index in [1.54, 1.807) is 36.9 Å². The Labute approximate surface area is 306 Å². The van der Waals surface area contributed by atoms with Crippen molar-refractivity contribution in [2.24, 2.45) is 0 Å². The largest absolute Gasteiger partial charge is 0.309 e. The van der Waals surface area contributed by atoms with E-state index >= 15 is 8.78 Å². The van der Waals surface area contributed by atoms with Crippen LogP contribution in [-0.4, -0.2) is 29.1 Å². The molecule has 0 saturated carbocycles. The van der Waals surface area contributed by atoms with Crippen LogP contribution in [0.3, 0.4) is 0 Å². The molecule has 254 valence electrons. The number of fused-ring (bicyclic) bond motifs is 6. The third kappa shape index (κ3) is 4.93. The van der Waals surface area contributed by atoms with E-state index in [-0.39, 0.29) is 0 Å². The van der Waals surface area contributed by atoms with Gasteiger partial charge in [0.05, 0.1) is 39.0 Å². The maximum absolute atomic E-state index is 15.1. The average molecular weight is 702 g/mol. The molecule has 0 N–H and O–H groups in total. The van der Waals surface area contributed by atoms with Crippen LogP contribution < -0.4 is 0 Å². The van der Waals surface area contributed by atoms with E-state index in [0.29, 0.717) is 39.7 Å². The summed E-state index contributed by atoms with van der Waals surface area (Å²) < 4.78 is 34.3. The molecule has 10 rings (SSSR count). The summed E-state index contributed by atoms with van der Waals surface area (Å²) in [5.74, 6) is -0.214. The number of hydrogen-bond acceptors (Lipinski definition) is 5. The minimum Gasteiger partial charge on any atom is -0.309 e. The molecule has 6 aromatic carbocycles. The zero-order valence-corrected chi connectivity index (χ0v) is 28.3. The molecule has 0 aliphatic rings. The first-order valence-electron chi connectivity index (χ1n) is 17.2. The fourth-order valence-electron chi connectivity index (χ4n) is 7.62. The van der Waals surface area contributed by atoms with Crippen molar-refractivity contribution in [3.63, 3.8) is 0 Å². The van der Waals surface area contributed by atoms with Gasteiger partial charge in [-0.05, 0) is 90.5 Å². The number of benzene rings is 6. The highest BCUT2D eigenvalue weighted by atomic mass is 19.1. The van der Waals surface area contributed by atoms with Crippen molar-refractivity contribution in [2.75, 3.05) is 0 Å². The first-order chi connectivity index (χ1) is 26.6. The summed E-state index contributed by atoms with van der Waals surface area (Å²) in [6.45, 7) is 0. The second-order valence-corrected chi connectivity index (χ2v) is 13.0. The number of aromatic nitrogens is 6. The van der Waals surface area contributed by atoms with Gasteiger partial charge in [-0.2, -0.15) is 5.26 Å². The Morgan fingerprint density at radius 1 is 0.444 bits per heavy atom. The van der Waals surface area contributed by atoms with Crippen LogP contribution >= 0.6 is 0 Å². The van der Waals surface area contributed by atoms with Gasteiger partial charge in [0.25, 0.3) is 0 Å². The molecule has 4 heterocycles. The lowest BCUT2D eigenvalue weighted by molar-refractivity contribution is 0.584. The molecular weight excluding hydrogens is 677 g/mol. The van der Waals surface area contributed by atoms with Gasteiger partial charge in [-0.25, -0.2) is 28.7 Å². The van der Waals surface area contributed by atoms with E-state index in [4.69, 9.17) is 0 Å². The maximum Gasteiger partial charge on any atom is 0.159 e. The quantitative estimate of drug-likeness (QED) is 0.178. The zero-order valence-electron chi connectivity index (χ0n) is 28.3. The summed E-state index contributed by atoms with van der Waals surface area (Å²) >= 11 is 0. The van der Waals surface area contributed by atoms with Gasteiger partial charge in [0.15, 0.2) is 11.6 Å². The van der Waals surface area contributed by atoms with Crippen molar-refractivity contribution in [1.82, 2.24) is 29.1 Å². The van der Waals surface area contributed by atoms with Gasteiger partial charge in [-0.15, -0.1) is 0 Å². The van der Waals surface area contributed by atoms with E-state index in [1.165, 1.54) is 12.1 Å². The molecule has 0 spiro atoms.